The van der Waals surface area contributed by atoms with E-state index in [-0.39, 0.29) is 6.04 Å². The van der Waals surface area contributed by atoms with Gasteiger partial charge in [0.1, 0.15) is 23.0 Å². The Morgan fingerprint density at radius 1 is 1.25 bits per heavy atom. The van der Waals surface area contributed by atoms with E-state index < -0.39 is 11.6 Å². The number of anilines is 1. The number of hydrogen-bond acceptors (Lipinski definition) is 5. The molecule has 0 radical (unpaired) electrons. The van der Waals surface area contributed by atoms with Crippen molar-refractivity contribution in [3.05, 3.63) is 59.7 Å². The summed E-state index contributed by atoms with van der Waals surface area (Å²) in [7, 11) is 0. The Labute approximate surface area is 159 Å². The first-order valence-electron chi connectivity index (χ1n) is 9.06. The first kappa shape index (κ1) is 16.8. The molecule has 1 aliphatic rings. The van der Waals surface area contributed by atoms with Crippen molar-refractivity contribution in [2.24, 2.45) is 0 Å². The summed E-state index contributed by atoms with van der Waals surface area (Å²) in [6, 6.07) is 5.04. The first-order valence-corrected chi connectivity index (χ1v) is 9.06. The molecule has 1 fully saturated rings. The van der Waals surface area contributed by atoms with Crippen LogP contribution in [0.25, 0.3) is 17.0 Å². The highest BCUT2D eigenvalue weighted by atomic mass is 19.1. The van der Waals surface area contributed by atoms with Gasteiger partial charge in [-0.15, -0.1) is 5.10 Å². The number of aromatic amines is 1. The summed E-state index contributed by atoms with van der Waals surface area (Å²) in [5, 5.41) is 11.8. The third-order valence-corrected chi connectivity index (χ3v) is 5.04. The number of aryl methyl sites for hydroxylation is 1. The Balaban J connectivity index is 1.69. The van der Waals surface area contributed by atoms with Crippen LogP contribution in [-0.4, -0.2) is 36.3 Å². The Hall–Kier alpha value is -3.36. The lowest BCUT2D eigenvalue weighted by molar-refractivity contribution is 0.560. The minimum atomic E-state index is -0.454. The lowest BCUT2D eigenvalue weighted by Crippen LogP contribution is -2.24. The predicted octanol–water partition coefficient (Wildman–Crippen LogP) is 3.44. The summed E-state index contributed by atoms with van der Waals surface area (Å²) in [4.78, 5) is 10.9. The average molecular weight is 381 g/mol. The van der Waals surface area contributed by atoms with Gasteiger partial charge in [0, 0.05) is 24.5 Å². The minimum Gasteiger partial charge on any atom is -0.347 e. The zero-order valence-corrected chi connectivity index (χ0v) is 15.1. The molecule has 0 aliphatic carbocycles. The summed E-state index contributed by atoms with van der Waals surface area (Å²) in [6.45, 7) is 2.48. The highest BCUT2D eigenvalue weighted by Crippen LogP contribution is 2.41. The summed E-state index contributed by atoms with van der Waals surface area (Å²) in [5.74, 6) is 0.890. The first-order chi connectivity index (χ1) is 13.6. The standard InChI is InChI=1S/C19H17F2N7/c1-11-23-17(25-24-11)16-18-22-7-3-9-28(18)26-19(16)27-8-2-4-15(27)13-10-12(20)5-6-14(13)21/h3,5-7,9-10,15H,2,4,8H2,1H3,(H,23,24,25). The number of nitrogens with one attached hydrogen (secondary N) is 1. The van der Waals surface area contributed by atoms with Crippen LogP contribution in [0.15, 0.2) is 36.7 Å². The number of nitrogens with zero attached hydrogens (tertiary/aromatic N) is 6. The maximum atomic E-state index is 14.5. The van der Waals surface area contributed by atoms with Crippen LogP contribution in [-0.2, 0) is 0 Å². The van der Waals surface area contributed by atoms with Crippen LogP contribution >= 0.6 is 0 Å². The molecule has 0 spiro atoms. The molecule has 4 aromatic rings. The molecule has 9 heteroatoms. The van der Waals surface area contributed by atoms with E-state index in [1.54, 1.807) is 23.0 Å². The van der Waals surface area contributed by atoms with Gasteiger partial charge < -0.3 is 4.90 Å². The topological polar surface area (TPSA) is 75.0 Å². The fraction of sp³-hybridized carbons (Fsp3) is 0.263. The highest BCUT2D eigenvalue weighted by molar-refractivity contribution is 5.84. The molecule has 1 aliphatic heterocycles. The molecule has 28 heavy (non-hydrogen) atoms. The van der Waals surface area contributed by atoms with Gasteiger partial charge in [-0.3, -0.25) is 5.10 Å². The maximum absolute atomic E-state index is 14.5. The average Bonchev–Trinajstić information content (AvgIpc) is 3.40. The molecule has 0 bridgehead atoms. The van der Waals surface area contributed by atoms with Gasteiger partial charge in [0.05, 0.1) is 6.04 Å². The largest absolute Gasteiger partial charge is 0.347 e. The second-order valence-corrected chi connectivity index (χ2v) is 6.85. The Kier molecular flexibility index (Phi) is 3.81. The molecule has 0 saturated carbocycles. The molecule has 5 rings (SSSR count). The molecule has 1 unspecified atom stereocenters. The maximum Gasteiger partial charge on any atom is 0.188 e. The van der Waals surface area contributed by atoms with Crippen molar-refractivity contribution in [2.45, 2.75) is 25.8 Å². The van der Waals surface area contributed by atoms with Crippen LogP contribution in [0.3, 0.4) is 0 Å². The van der Waals surface area contributed by atoms with Crippen LogP contribution in [0, 0.1) is 18.6 Å². The normalized spacial score (nSPS) is 17.0. The van der Waals surface area contributed by atoms with Crippen molar-refractivity contribution >= 4 is 11.5 Å². The molecule has 142 valence electrons. The van der Waals surface area contributed by atoms with Gasteiger partial charge in [-0.1, -0.05) is 0 Å². The van der Waals surface area contributed by atoms with Gasteiger partial charge in [-0.2, -0.15) is 5.10 Å². The monoisotopic (exact) mass is 381 g/mol. The van der Waals surface area contributed by atoms with Crippen molar-refractivity contribution in [3.63, 3.8) is 0 Å². The van der Waals surface area contributed by atoms with E-state index in [1.807, 2.05) is 11.8 Å². The quantitative estimate of drug-likeness (QED) is 0.588. The van der Waals surface area contributed by atoms with Crippen molar-refractivity contribution in [1.82, 2.24) is 29.8 Å². The summed E-state index contributed by atoms with van der Waals surface area (Å²) in [6.07, 6.45) is 5.02. The Morgan fingerprint density at radius 2 is 2.14 bits per heavy atom. The number of hydrogen-bond donors (Lipinski definition) is 1. The molecule has 1 atom stereocenters. The Morgan fingerprint density at radius 3 is 2.96 bits per heavy atom. The van der Waals surface area contributed by atoms with E-state index in [2.05, 4.69) is 25.3 Å². The second kappa shape index (κ2) is 6.36. The molecular weight excluding hydrogens is 364 g/mol. The number of H-pyrrole nitrogens is 1. The molecule has 1 N–H and O–H groups in total. The molecule has 4 heterocycles. The molecule has 1 saturated heterocycles. The van der Waals surface area contributed by atoms with Crippen LogP contribution in [0.4, 0.5) is 14.6 Å². The number of aromatic nitrogens is 6. The lowest BCUT2D eigenvalue weighted by atomic mass is 10.0. The van der Waals surface area contributed by atoms with E-state index in [0.717, 1.165) is 12.5 Å². The molecule has 7 nitrogen and oxygen atoms in total. The molecule has 1 aromatic carbocycles. The van der Waals surface area contributed by atoms with Crippen LogP contribution < -0.4 is 4.90 Å². The highest BCUT2D eigenvalue weighted by Gasteiger charge is 2.34. The van der Waals surface area contributed by atoms with E-state index in [0.29, 0.717) is 47.2 Å². The zero-order chi connectivity index (χ0) is 19.3. The number of rotatable bonds is 3. The number of benzene rings is 1. The van der Waals surface area contributed by atoms with Crippen molar-refractivity contribution in [1.29, 1.82) is 0 Å². The molecule has 3 aromatic heterocycles. The Bertz CT molecular complexity index is 1170. The van der Waals surface area contributed by atoms with Gasteiger partial charge in [0.25, 0.3) is 0 Å². The van der Waals surface area contributed by atoms with Gasteiger partial charge in [-0.05, 0) is 44.0 Å². The molecule has 0 amide bonds. The van der Waals surface area contributed by atoms with Crippen LogP contribution in [0.5, 0.6) is 0 Å². The van der Waals surface area contributed by atoms with Gasteiger partial charge in [-0.25, -0.2) is 23.3 Å². The fourth-order valence-corrected chi connectivity index (χ4v) is 3.84. The summed E-state index contributed by atoms with van der Waals surface area (Å²) in [5.41, 5.74) is 1.62. The van der Waals surface area contributed by atoms with E-state index >= 15 is 0 Å². The summed E-state index contributed by atoms with van der Waals surface area (Å²) < 4.78 is 29.9. The number of fused-ring (bicyclic) bond motifs is 1. The van der Waals surface area contributed by atoms with Crippen molar-refractivity contribution in [2.75, 3.05) is 11.4 Å². The van der Waals surface area contributed by atoms with E-state index in [9.17, 15) is 8.78 Å². The van der Waals surface area contributed by atoms with Crippen LogP contribution in [0.1, 0.15) is 30.3 Å². The minimum absolute atomic E-state index is 0.320. The lowest BCUT2D eigenvalue weighted by Gasteiger charge is -2.26. The van der Waals surface area contributed by atoms with E-state index in [4.69, 9.17) is 0 Å². The van der Waals surface area contributed by atoms with Gasteiger partial charge in [0.15, 0.2) is 17.3 Å². The summed E-state index contributed by atoms with van der Waals surface area (Å²) >= 11 is 0. The number of halogens is 2. The van der Waals surface area contributed by atoms with Crippen LogP contribution in [0.2, 0.25) is 0 Å². The predicted molar refractivity (Wildman–Crippen MR) is 98.8 cm³/mol. The third kappa shape index (κ3) is 2.62. The SMILES string of the molecule is Cc1nc(-c2c(N3CCCC3c3cc(F)ccc3F)nn3cccnc23)n[nH]1. The van der Waals surface area contributed by atoms with Crippen molar-refractivity contribution < 1.29 is 8.78 Å². The van der Waals surface area contributed by atoms with E-state index in [1.165, 1.54) is 12.1 Å². The second-order valence-electron chi connectivity index (χ2n) is 6.85. The third-order valence-electron chi connectivity index (χ3n) is 5.04. The zero-order valence-electron chi connectivity index (χ0n) is 15.1. The smallest absolute Gasteiger partial charge is 0.188 e. The van der Waals surface area contributed by atoms with Gasteiger partial charge >= 0.3 is 0 Å². The fourth-order valence-electron chi connectivity index (χ4n) is 3.84. The van der Waals surface area contributed by atoms with Crippen molar-refractivity contribution in [3.8, 4) is 11.4 Å². The van der Waals surface area contributed by atoms with Gasteiger partial charge in [0.2, 0.25) is 0 Å². The molecular formula is C19H17F2N7.